The molecule has 5 rings (SSSR count). The van der Waals surface area contributed by atoms with E-state index in [1.54, 1.807) is 0 Å². The second-order valence-corrected chi connectivity index (χ2v) is 9.86. The number of rotatable bonds is 7. The smallest absolute Gasteiger partial charge is 0.233 e. The summed E-state index contributed by atoms with van der Waals surface area (Å²) in [6.45, 7) is 2.74. The summed E-state index contributed by atoms with van der Waals surface area (Å²) in [4.78, 5) is 12.9. The summed E-state index contributed by atoms with van der Waals surface area (Å²) >= 11 is 1.45. The van der Waals surface area contributed by atoms with Gasteiger partial charge in [0.2, 0.25) is 12.7 Å². The van der Waals surface area contributed by atoms with Crippen LogP contribution < -0.4 is 14.8 Å². The van der Waals surface area contributed by atoms with Crippen molar-refractivity contribution in [3.05, 3.63) is 54.1 Å². The van der Waals surface area contributed by atoms with Gasteiger partial charge in [-0.2, -0.15) is 0 Å². The first-order chi connectivity index (χ1) is 16.2. The predicted molar refractivity (Wildman–Crippen MR) is 127 cm³/mol. The minimum Gasteiger partial charge on any atom is -0.454 e. The molecule has 1 aliphatic heterocycles. The number of benzene rings is 2. The number of carbonyl (C=O) groups excluding carboxylic acids is 1. The highest BCUT2D eigenvalue weighted by atomic mass is 32.2. The molecule has 0 radical (unpaired) electrons. The zero-order valence-corrected chi connectivity index (χ0v) is 19.5. The molecule has 2 aromatic carbocycles. The number of aromatic nitrogens is 3. The molecule has 1 aliphatic carbocycles. The molecule has 1 N–H and O–H groups in total. The van der Waals surface area contributed by atoms with Crippen molar-refractivity contribution >= 4 is 17.7 Å². The highest BCUT2D eigenvalue weighted by Crippen LogP contribution is 2.34. The van der Waals surface area contributed by atoms with Crippen LogP contribution >= 0.6 is 11.8 Å². The second-order valence-electron chi connectivity index (χ2n) is 8.55. The number of amides is 1. The molecule has 1 saturated carbocycles. The quantitative estimate of drug-likeness (QED) is 0.513. The minimum atomic E-state index is -0.268. The number of carbonyl (C=O) groups is 1. The molecule has 1 atom stereocenters. The van der Waals surface area contributed by atoms with Crippen LogP contribution in [-0.4, -0.2) is 38.8 Å². The fourth-order valence-corrected chi connectivity index (χ4v) is 5.18. The lowest BCUT2D eigenvalue weighted by molar-refractivity contribution is -0.121. The van der Waals surface area contributed by atoms with Gasteiger partial charge in [-0.25, -0.2) is 0 Å². The molecule has 33 heavy (non-hydrogen) atoms. The lowest BCUT2D eigenvalue weighted by Gasteiger charge is -2.24. The Morgan fingerprint density at radius 1 is 1.09 bits per heavy atom. The topological polar surface area (TPSA) is 78.3 Å². The molecule has 2 aliphatic rings. The van der Waals surface area contributed by atoms with Gasteiger partial charge in [-0.3, -0.25) is 9.36 Å². The van der Waals surface area contributed by atoms with Crippen molar-refractivity contribution in [1.29, 1.82) is 0 Å². The van der Waals surface area contributed by atoms with Crippen LogP contribution in [0.3, 0.4) is 0 Å². The van der Waals surface area contributed by atoms with Gasteiger partial charge in [-0.15, -0.1) is 10.2 Å². The first kappa shape index (κ1) is 21.8. The van der Waals surface area contributed by atoms with E-state index in [2.05, 4.69) is 20.1 Å². The van der Waals surface area contributed by atoms with E-state index in [4.69, 9.17) is 9.47 Å². The van der Waals surface area contributed by atoms with Gasteiger partial charge in [0.15, 0.2) is 22.5 Å². The third-order valence-corrected chi connectivity index (χ3v) is 7.21. The van der Waals surface area contributed by atoms with Crippen LogP contribution in [0.25, 0.3) is 11.4 Å². The van der Waals surface area contributed by atoms with E-state index >= 15 is 0 Å². The van der Waals surface area contributed by atoms with Crippen LogP contribution in [-0.2, 0) is 11.3 Å². The molecule has 1 aromatic heterocycles. The van der Waals surface area contributed by atoms with Crippen LogP contribution in [0.1, 0.15) is 44.6 Å². The Labute approximate surface area is 197 Å². The monoisotopic (exact) mass is 464 g/mol. The van der Waals surface area contributed by atoms with Crippen LogP contribution in [0.5, 0.6) is 11.5 Å². The van der Waals surface area contributed by atoms with Gasteiger partial charge in [0.25, 0.3) is 0 Å². The molecule has 0 saturated heterocycles. The summed E-state index contributed by atoms with van der Waals surface area (Å²) in [5.74, 6) is 2.34. The highest BCUT2D eigenvalue weighted by molar-refractivity contribution is 8.00. The van der Waals surface area contributed by atoms with E-state index in [-0.39, 0.29) is 18.0 Å². The van der Waals surface area contributed by atoms with Crippen molar-refractivity contribution in [3.8, 4) is 22.9 Å². The fraction of sp³-hybridized carbons (Fsp3) is 0.400. The van der Waals surface area contributed by atoms with E-state index in [1.807, 2.05) is 55.5 Å². The van der Waals surface area contributed by atoms with Gasteiger partial charge < -0.3 is 14.8 Å². The molecule has 2 heterocycles. The molecular formula is C25H28N4O3S. The van der Waals surface area contributed by atoms with Gasteiger partial charge >= 0.3 is 0 Å². The Kier molecular flexibility index (Phi) is 6.53. The van der Waals surface area contributed by atoms with Gasteiger partial charge in [0.05, 0.1) is 11.8 Å². The largest absolute Gasteiger partial charge is 0.454 e. The zero-order chi connectivity index (χ0) is 22.6. The number of thioether (sulfide) groups is 1. The van der Waals surface area contributed by atoms with Gasteiger partial charge in [-0.05, 0) is 37.5 Å². The first-order valence-electron chi connectivity index (χ1n) is 11.5. The number of fused-ring (bicyclic) bond motifs is 1. The Hall–Kier alpha value is -3.00. The summed E-state index contributed by atoms with van der Waals surface area (Å²) in [7, 11) is 0. The number of nitrogens with one attached hydrogen (secondary N) is 1. The molecule has 1 unspecified atom stereocenters. The minimum absolute atomic E-state index is 0.0609. The Balaban J connectivity index is 1.38. The summed E-state index contributed by atoms with van der Waals surface area (Å²) in [5, 5.41) is 12.6. The third-order valence-electron chi connectivity index (χ3n) is 6.13. The van der Waals surface area contributed by atoms with Crippen molar-refractivity contribution in [1.82, 2.24) is 20.1 Å². The Bertz CT molecular complexity index is 1110. The van der Waals surface area contributed by atoms with E-state index in [9.17, 15) is 4.79 Å². The Morgan fingerprint density at radius 2 is 1.88 bits per heavy atom. The molecule has 0 spiro atoms. The molecular weight excluding hydrogens is 436 g/mol. The molecule has 1 amide bonds. The van der Waals surface area contributed by atoms with E-state index < -0.39 is 0 Å². The maximum Gasteiger partial charge on any atom is 0.233 e. The maximum absolute atomic E-state index is 12.9. The van der Waals surface area contributed by atoms with Gasteiger partial charge in [0, 0.05) is 11.6 Å². The number of nitrogens with zero attached hydrogens (tertiary/aromatic N) is 3. The number of hydrogen-bond donors (Lipinski definition) is 1. The van der Waals surface area contributed by atoms with Crippen molar-refractivity contribution < 1.29 is 14.3 Å². The summed E-state index contributed by atoms with van der Waals surface area (Å²) < 4.78 is 13.1. The van der Waals surface area contributed by atoms with Gasteiger partial charge in [-0.1, -0.05) is 67.4 Å². The normalized spacial score (nSPS) is 16.5. The molecule has 0 bridgehead atoms. The van der Waals surface area contributed by atoms with Crippen molar-refractivity contribution in [2.24, 2.45) is 0 Å². The molecule has 1 fully saturated rings. The summed E-state index contributed by atoms with van der Waals surface area (Å²) in [6.07, 6.45) is 5.79. The first-order valence-corrected chi connectivity index (χ1v) is 12.4. The van der Waals surface area contributed by atoms with Crippen LogP contribution in [0.2, 0.25) is 0 Å². The fourth-order valence-electron chi connectivity index (χ4n) is 4.32. The second kappa shape index (κ2) is 9.87. The maximum atomic E-state index is 12.9. The van der Waals surface area contributed by atoms with E-state index in [1.165, 1.54) is 31.0 Å². The molecule has 172 valence electrons. The number of ether oxygens (including phenoxy) is 2. The third kappa shape index (κ3) is 5.00. The highest BCUT2D eigenvalue weighted by Gasteiger charge is 2.24. The van der Waals surface area contributed by atoms with Crippen molar-refractivity contribution in [2.75, 3.05) is 6.79 Å². The Morgan fingerprint density at radius 3 is 2.70 bits per heavy atom. The van der Waals surface area contributed by atoms with Crippen LogP contribution in [0.15, 0.2) is 53.7 Å². The standard InChI is InChI=1S/C25H28N4O3S/c1-17(24(30)26-20-10-6-3-7-11-20)33-25-28-27-23(19-8-4-2-5-9-19)29(25)15-18-12-13-21-22(14-18)32-16-31-21/h2,4-5,8-9,12-14,17,20H,3,6-7,10-11,15-16H2,1H3,(H,26,30). The molecule has 7 nitrogen and oxygen atoms in total. The lowest BCUT2D eigenvalue weighted by Crippen LogP contribution is -2.40. The van der Waals surface area contributed by atoms with Gasteiger partial charge in [0.1, 0.15) is 0 Å². The van der Waals surface area contributed by atoms with Crippen molar-refractivity contribution in [2.45, 2.75) is 62.0 Å². The van der Waals surface area contributed by atoms with E-state index in [0.717, 1.165) is 46.4 Å². The van der Waals surface area contributed by atoms with Crippen molar-refractivity contribution in [3.63, 3.8) is 0 Å². The SMILES string of the molecule is CC(Sc1nnc(-c2ccccc2)n1Cc1ccc2c(c1)OCO2)C(=O)NC1CCCCC1. The molecule has 3 aromatic rings. The predicted octanol–water partition coefficient (Wildman–Crippen LogP) is 4.65. The van der Waals surface area contributed by atoms with Crippen LogP contribution in [0.4, 0.5) is 0 Å². The summed E-state index contributed by atoms with van der Waals surface area (Å²) in [5.41, 5.74) is 2.04. The van der Waals surface area contributed by atoms with E-state index in [0.29, 0.717) is 12.6 Å². The van der Waals surface area contributed by atoms with Crippen LogP contribution in [0, 0.1) is 0 Å². The average Bonchev–Trinajstić information content (AvgIpc) is 3.47. The number of hydrogen-bond acceptors (Lipinski definition) is 6. The average molecular weight is 465 g/mol. The molecule has 8 heteroatoms. The summed E-state index contributed by atoms with van der Waals surface area (Å²) in [6, 6.07) is 16.2. The lowest BCUT2D eigenvalue weighted by atomic mass is 9.95. The zero-order valence-electron chi connectivity index (χ0n) is 18.7.